The molecule has 4 aromatic rings. The topological polar surface area (TPSA) is 77.0 Å². The third-order valence-electron chi connectivity index (χ3n) is 6.58. The van der Waals surface area contributed by atoms with Gasteiger partial charge in [0, 0.05) is 28.1 Å². The Morgan fingerprint density at radius 3 is 2.17 bits per heavy atom. The van der Waals surface area contributed by atoms with E-state index in [0.29, 0.717) is 0 Å². The molecule has 200 valence electrons. The Morgan fingerprint density at radius 2 is 1.50 bits per heavy atom. The van der Waals surface area contributed by atoms with Crippen molar-refractivity contribution in [2.24, 2.45) is 5.73 Å². The average Bonchev–Trinajstić information content (AvgIpc) is 3.02. The maximum absolute atomic E-state index is 6.16. The van der Waals surface area contributed by atoms with Crippen LogP contribution >= 0.6 is 0 Å². The molecular weight excluding hydrogens is 488 g/mol. The smallest absolute Gasteiger partial charge is 0.0873 e. The quantitative estimate of drug-likeness (QED) is 0.170. The number of nitrogens with two attached hydrogens (primary N) is 2. The Bertz CT molecular complexity index is 1560. The minimum Gasteiger partial charge on any atom is -0.399 e. The molecule has 1 aromatic heterocycles. The van der Waals surface area contributed by atoms with Crippen molar-refractivity contribution in [2.45, 2.75) is 13.0 Å². The number of hydrogen-bond acceptors (Lipinski definition) is 4. The summed E-state index contributed by atoms with van der Waals surface area (Å²) >= 11 is 0. The van der Waals surface area contributed by atoms with Crippen LogP contribution < -0.4 is 16.8 Å². The van der Waals surface area contributed by atoms with Crippen LogP contribution in [0.3, 0.4) is 0 Å². The number of allylic oxidation sites excluding steroid dienone is 7. The predicted molar refractivity (Wildman–Crippen MR) is 171 cm³/mol. The molecule has 0 radical (unpaired) electrons. The van der Waals surface area contributed by atoms with Crippen molar-refractivity contribution in [1.29, 1.82) is 0 Å². The maximum atomic E-state index is 6.16. The van der Waals surface area contributed by atoms with Crippen LogP contribution in [0.2, 0.25) is 0 Å². The number of nitrogens with one attached hydrogen (secondary N) is 1. The lowest BCUT2D eigenvalue weighted by molar-refractivity contribution is 0.694. The molecule has 40 heavy (non-hydrogen) atoms. The number of rotatable bonds is 7. The van der Waals surface area contributed by atoms with Gasteiger partial charge in [0.15, 0.2) is 0 Å². The highest BCUT2D eigenvalue weighted by atomic mass is 15.0. The van der Waals surface area contributed by atoms with Gasteiger partial charge in [-0.15, -0.1) is 0 Å². The van der Waals surface area contributed by atoms with Crippen LogP contribution in [0.1, 0.15) is 24.2 Å². The first kappa shape index (κ1) is 28.1. The second kappa shape index (κ2) is 13.7. The molecule has 1 aliphatic heterocycles. The van der Waals surface area contributed by atoms with Crippen LogP contribution in [-0.2, 0) is 0 Å². The molecule has 4 nitrogen and oxygen atoms in total. The van der Waals surface area contributed by atoms with Gasteiger partial charge >= 0.3 is 0 Å². The molecule has 3 aromatic carbocycles. The highest BCUT2D eigenvalue weighted by Crippen LogP contribution is 2.35. The summed E-state index contributed by atoms with van der Waals surface area (Å²) in [4.78, 5) is 5.21. The summed E-state index contributed by atoms with van der Waals surface area (Å²) in [5, 5.41) is 3.77. The number of benzene rings is 3. The van der Waals surface area contributed by atoms with Crippen molar-refractivity contribution < 1.29 is 0 Å². The third kappa shape index (κ3) is 6.55. The van der Waals surface area contributed by atoms with E-state index >= 15 is 0 Å². The van der Waals surface area contributed by atoms with Gasteiger partial charge in [-0.05, 0) is 48.9 Å². The van der Waals surface area contributed by atoms with E-state index in [9.17, 15) is 0 Å². The molecule has 2 heterocycles. The molecule has 0 saturated carbocycles. The van der Waals surface area contributed by atoms with Crippen molar-refractivity contribution in [1.82, 2.24) is 10.3 Å². The normalized spacial score (nSPS) is 14.9. The lowest BCUT2D eigenvalue weighted by Gasteiger charge is -2.26. The average molecular weight is 525 g/mol. The van der Waals surface area contributed by atoms with Gasteiger partial charge in [0.25, 0.3) is 0 Å². The summed E-state index contributed by atoms with van der Waals surface area (Å²) in [5.74, 6) is 0. The fourth-order valence-corrected chi connectivity index (χ4v) is 4.68. The minimum absolute atomic E-state index is 0.0890. The fraction of sp³-hybridized carbons (Fsp3) is 0.0833. The van der Waals surface area contributed by atoms with E-state index in [1.54, 1.807) is 6.08 Å². The fourth-order valence-electron chi connectivity index (χ4n) is 4.68. The maximum Gasteiger partial charge on any atom is 0.0873 e. The number of dihydropyridines is 1. The molecule has 0 amide bonds. The molecule has 0 bridgehead atoms. The van der Waals surface area contributed by atoms with E-state index in [-0.39, 0.29) is 6.04 Å². The van der Waals surface area contributed by atoms with Crippen molar-refractivity contribution in [2.75, 3.05) is 12.8 Å². The van der Waals surface area contributed by atoms with Crippen LogP contribution in [0.25, 0.3) is 28.0 Å². The Labute approximate surface area is 237 Å². The number of nitrogen functional groups attached to an aromatic ring is 1. The van der Waals surface area contributed by atoms with Gasteiger partial charge in [0.05, 0.1) is 17.4 Å². The Balaban J connectivity index is 0.00000181. The van der Waals surface area contributed by atoms with Gasteiger partial charge < -0.3 is 16.8 Å². The monoisotopic (exact) mass is 524 g/mol. The van der Waals surface area contributed by atoms with E-state index in [0.717, 1.165) is 56.2 Å². The zero-order valence-corrected chi connectivity index (χ0v) is 23.1. The molecule has 5 rings (SSSR count). The summed E-state index contributed by atoms with van der Waals surface area (Å²) in [6, 6.07) is 32.9. The minimum atomic E-state index is -0.0890. The van der Waals surface area contributed by atoms with E-state index < -0.39 is 0 Å². The molecule has 0 saturated heterocycles. The van der Waals surface area contributed by atoms with E-state index in [1.807, 2.05) is 42.5 Å². The van der Waals surface area contributed by atoms with Crippen molar-refractivity contribution >= 4 is 11.3 Å². The molecule has 4 heteroatoms. The van der Waals surface area contributed by atoms with Crippen molar-refractivity contribution in [3.63, 3.8) is 0 Å². The van der Waals surface area contributed by atoms with Crippen LogP contribution in [0.4, 0.5) is 5.69 Å². The van der Waals surface area contributed by atoms with Gasteiger partial charge in [0.2, 0.25) is 0 Å². The Morgan fingerprint density at radius 1 is 0.825 bits per heavy atom. The molecule has 0 fully saturated rings. The standard InChI is InChI=1S/C35H31N3.CH5N/c1-3-4-7-13-25(2)34-30(26-14-8-5-9-15-26)20-22-32(37-34)33-23-21-31(27-16-10-6-11-17-27)35(38-33)28-18-12-19-29(36)24-28;1-2/h3-24,32,37H,1,36H2,2H3;2H2,1H3/b7-4-,25-13+;. The zero-order chi connectivity index (χ0) is 28.3. The Hall–Kier alpha value is -4.93. The molecule has 1 aliphatic rings. The SMILES string of the molecule is C=C/C=C\C=C(/C)C1=C(c2ccccc2)C=CC(c2ccc(-c3ccccc3)c(-c3cccc(N)c3)n2)N1.CN. The summed E-state index contributed by atoms with van der Waals surface area (Å²) in [7, 11) is 1.50. The van der Waals surface area contributed by atoms with E-state index in [4.69, 9.17) is 10.7 Å². The molecule has 1 unspecified atom stereocenters. The molecular formula is C36H36N4. The van der Waals surface area contributed by atoms with Gasteiger partial charge in [-0.2, -0.15) is 0 Å². The highest BCUT2D eigenvalue weighted by Gasteiger charge is 2.21. The van der Waals surface area contributed by atoms with Gasteiger partial charge in [-0.1, -0.05) is 122 Å². The number of anilines is 1. The van der Waals surface area contributed by atoms with Crippen LogP contribution in [0.15, 0.2) is 151 Å². The number of hydrogen-bond donors (Lipinski definition) is 3. The van der Waals surface area contributed by atoms with Crippen molar-refractivity contribution in [3.05, 3.63) is 163 Å². The first-order valence-corrected chi connectivity index (χ1v) is 13.3. The zero-order valence-electron chi connectivity index (χ0n) is 23.1. The van der Waals surface area contributed by atoms with Crippen LogP contribution in [0, 0.1) is 0 Å². The van der Waals surface area contributed by atoms with Gasteiger partial charge in [-0.3, -0.25) is 0 Å². The summed E-state index contributed by atoms with van der Waals surface area (Å²) in [6.07, 6.45) is 12.2. The predicted octanol–water partition coefficient (Wildman–Crippen LogP) is 7.87. The largest absolute Gasteiger partial charge is 0.399 e. The number of aromatic nitrogens is 1. The third-order valence-corrected chi connectivity index (χ3v) is 6.58. The van der Waals surface area contributed by atoms with Gasteiger partial charge in [-0.25, -0.2) is 4.98 Å². The molecule has 5 N–H and O–H groups in total. The molecule has 0 aliphatic carbocycles. The lowest BCUT2D eigenvalue weighted by Crippen LogP contribution is -2.24. The van der Waals surface area contributed by atoms with Gasteiger partial charge in [0.1, 0.15) is 0 Å². The molecule has 0 spiro atoms. The Kier molecular flexibility index (Phi) is 9.65. The van der Waals surface area contributed by atoms with Crippen LogP contribution in [0.5, 0.6) is 0 Å². The second-order valence-corrected chi connectivity index (χ2v) is 9.23. The lowest BCUT2D eigenvalue weighted by atomic mass is 9.93. The molecule has 1 atom stereocenters. The summed E-state index contributed by atoms with van der Waals surface area (Å²) < 4.78 is 0. The second-order valence-electron chi connectivity index (χ2n) is 9.23. The van der Waals surface area contributed by atoms with Crippen molar-refractivity contribution in [3.8, 4) is 22.4 Å². The number of pyridine rings is 1. The highest BCUT2D eigenvalue weighted by molar-refractivity contribution is 5.83. The van der Waals surface area contributed by atoms with E-state index in [1.165, 1.54) is 7.05 Å². The van der Waals surface area contributed by atoms with Crippen LogP contribution in [-0.4, -0.2) is 12.0 Å². The number of nitrogens with zero attached hydrogens (tertiary/aromatic N) is 1. The summed E-state index contributed by atoms with van der Waals surface area (Å²) in [5.41, 5.74) is 21.0. The first-order chi connectivity index (χ1) is 19.6. The first-order valence-electron chi connectivity index (χ1n) is 13.3. The van der Waals surface area contributed by atoms with E-state index in [2.05, 4.69) is 110 Å². The summed E-state index contributed by atoms with van der Waals surface area (Å²) in [6.45, 7) is 5.90.